The number of ether oxygens (including phenoxy) is 3. The van der Waals surface area contributed by atoms with Gasteiger partial charge in [0.1, 0.15) is 19.0 Å². The van der Waals surface area contributed by atoms with E-state index in [1.54, 1.807) is 0 Å². The number of hydrogen-bond donors (Lipinski definition) is 0. The molecule has 3 heterocycles. The fraction of sp³-hybridized carbons (Fsp3) is 0.471. The molecular formula is C17H18ClNO4. The van der Waals surface area contributed by atoms with Gasteiger partial charge in [-0.15, -0.1) is 0 Å². The van der Waals surface area contributed by atoms with E-state index in [0.717, 1.165) is 43.8 Å². The van der Waals surface area contributed by atoms with E-state index in [1.165, 1.54) is 5.57 Å². The minimum absolute atomic E-state index is 0.386. The molecule has 0 atom stereocenters. The number of carbonyl (C=O) groups is 1. The van der Waals surface area contributed by atoms with Crippen molar-refractivity contribution in [3.8, 4) is 5.75 Å². The van der Waals surface area contributed by atoms with Crippen LogP contribution < -0.4 is 4.74 Å². The molecule has 1 aromatic rings. The van der Waals surface area contributed by atoms with Gasteiger partial charge in [-0.05, 0) is 29.8 Å². The van der Waals surface area contributed by atoms with Gasteiger partial charge in [0.2, 0.25) is 0 Å². The minimum atomic E-state index is -0.532. The van der Waals surface area contributed by atoms with Crippen molar-refractivity contribution in [3.63, 3.8) is 0 Å². The van der Waals surface area contributed by atoms with Crippen molar-refractivity contribution in [2.75, 3.05) is 32.8 Å². The summed E-state index contributed by atoms with van der Waals surface area (Å²) in [5, 5.41) is 0.716. The van der Waals surface area contributed by atoms with E-state index >= 15 is 0 Å². The van der Waals surface area contributed by atoms with Crippen molar-refractivity contribution >= 4 is 23.8 Å². The molecule has 2 saturated heterocycles. The van der Waals surface area contributed by atoms with Crippen molar-refractivity contribution in [2.45, 2.75) is 18.4 Å². The summed E-state index contributed by atoms with van der Waals surface area (Å²) in [6.45, 7) is 3.62. The lowest BCUT2D eigenvalue weighted by Crippen LogP contribution is -2.46. The largest absolute Gasteiger partial charge is 0.509 e. The van der Waals surface area contributed by atoms with Crippen LogP contribution in [0, 0.1) is 0 Å². The van der Waals surface area contributed by atoms with Gasteiger partial charge in [0.05, 0.1) is 0 Å². The predicted octanol–water partition coefficient (Wildman–Crippen LogP) is 3.12. The molecule has 3 aliphatic rings. The average molecular weight is 336 g/mol. The molecule has 1 spiro atoms. The highest BCUT2D eigenvalue weighted by Crippen LogP contribution is 2.33. The van der Waals surface area contributed by atoms with E-state index in [4.69, 9.17) is 25.8 Å². The normalized spacial score (nSPS) is 22.8. The fourth-order valence-corrected chi connectivity index (χ4v) is 3.55. The highest BCUT2D eigenvalue weighted by atomic mass is 35.5. The summed E-state index contributed by atoms with van der Waals surface area (Å²) in [5.74, 6) is 0.880. The van der Waals surface area contributed by atoms with E-state index in [2.05, 4.69) is 11.0 Å². The summed E-state index contributed by atoms with van der Waals surface area (Å²) in [7, 11) is 0. The first-order valence-electron chi connectivity index (χ1n) is 7.82. The number of fused-ring (bicyclic) bond motifs is 1. The number of likely N-dealkylation sites (tertiary alicyclic amines) is 1. The van der Waals surface area contributed by atoms with Gasteiger partial charge in [0, 0.05) is 43.1 Å². The maximum absolute atomic E-state index is 11.2. The van der Waals surface area contributed by atoms with Crippen LogP contribution in [0.4, 0.5) is 4.79 Å². The number of halogens is 1. The van der Waals surface area contributed by atoms with Crippen LogP contribution >= 0.6 is 11.6 Å². The number of cyclic esters (lactones) is 1. The Morgan fingerprint density at radius 1 is 1.22 bits per heavy atom. The molecule has 3 aliphatic heterocycles. The van der Waals surface area contributed by atoms with E-state index in [-0.39, 0.29) is 0 Å². The lowest BCUT2D eigenvalue weighted by molar-refractivity contribution is 0.00214. The summed E-state index contributed by atoms with van der Waals surface area (Å²) in [5.41, 5.74) is 1.87. The van der Waals surface area contributed by atoms with Gasteiger partial charge in [-0.2, -0.15) is 0 Å². The Kier molecular flexibility index (Phi) is 3.70. The molecule has 0 aliphatic carbocycles. The Balaban J connectivity index is 1.39. The molecule has 0 N–H and O–H groups in total. The van der Waals surface area contributed by atoms with Crippen molar-refractivity contribution in [1.82, 2.24) is 4.90 Å². The summed E-state index contributed by atoms with van der Waals surface area (Å²) in [6, 6.07) is 5.68. The number of rotatable bonds is 2. The maximum atomic E-state index is 11.2. The van der Waals surface area contributed by atoms with Crippen molar-refractivity contribution < 1.29 is 19.0 Å². The first-order valence-corrected chi connectivity index (χ1v) is 8.20. The third kappa shape index (κ3) is 3.03. The molecule has 1 aromatic carbocycles. The smallest absolute Gasteiger partial charge is 0.489 e. The molecule has 2 fully saturated rings. The van der Waals surface area contributed by atoms with Crippen LogP contribution in [-0.4, -0.2) is 49.5 Å². The number of carbonyl (C=O) groups excluding carboxylic acids is 1. The van der Waals surface area contributed by atoms with Crippen LogP contribution in [-0.2, 0) is 9.47 Å². The van der Waals surface area contributed by atoms with Crippen LogP contribution in [0.25, 0.3) is 6.08 Å². The molecule has 23 heavy (non-hydrogen) atoms. The molecule has 5 nitrogen and oxygen atoms in total. The lowest BCUT2D eigenvalue weighted by Gasteiger charge is -2.36. The number of nitrogens with zero attached hydrogens (tertiary/aromatic N) is 1. The average Bonchev–Trinajstić information content (AvgIpc) is 2.90. The molecule has 0 amide bonds. The highest BCUT2D eigenvalue weighted by Gasteiger charge is 2.44. The van der Waals surface area contributed by atoms with Gasteiger partial charge < -0.3 is 14.2 Å². The molecule has 0 bridgehead atoms. The van der Waals surface area contributed by atoms with Crippen molar-refractivity contribution in [1.29, 1.82) is 0 Å². The predicted molar refractivity (Wildman–Crippen MR) is 85.8 cm³/mol. The van der Waals surface area contributed by atoms with Crippen LogP contribution in [0.5, 0.6) is 5.75 Å². The van der Waals surface area contributed by atoms with Gasteiger partial charge in [0.25, 0.3) is 0 Å². The Bertz CT molecular complexity index is 665. The van der Waals surface area contributed by atoms with Crippen molar-refractivity contribution in [3.05, 3.63) is 34.4 Å². The maximum Gasteiger partial charge on any atom is 0.509 e. The van der Waals surface area contributed by atoms with Crippen LogP contribution in [0.2, 0.25) is 5.02 Å². The van der Waals surface area contributed by atoms with Gasteiger partial charge >= 0.3 is 6.16 Å². The van der Waals surface area contributed by atoms with E-state index in [0.29, 0.717) is 18.2 Å². The number of benzene rings is 1. The lowest BCUT2D eigenvalue weighted by atomic mass is 9.92. The Labute approximate surface area is 139 Å². The van der Waals surface area contributed by atoms with E-state index in [1.807, 2.05) is 18.2 Å². The van der Waals surface area contributed by atoms with Crippen LogP contribution in [0.15, 0.2) is 23.8 Å². The Hall–Kier alpha value is -1.72. The van der Waals surface area contributed by atoms with E-state index in [9.17, 15) is 4.79 Å². The third-order valence-corrected chi connectivity index (χ3v) is 4.93. The number of hydrogen-bond acceptors (Lipinski definition) is 5. The standard InChI is InChI=1S/C17H18ClNO4/c18-14-1-2-15-13(8-14)7-12(10-21-15)9-19-5-3-17(4-6-19)11-22-16(20)23-17/h1-2,7-8H,3-6,9-11H2. The van der Waals surface area contributed by atoms with Crippen LogP contribution in [0.1, 0.15) is 18.4 Å². The summed E-state index contributed by atoms with van der Waals surface area (Å²) in [6.07, 6.45) is 3.26. The zero-order chi connectivity index (χ0) is 15.9. The first kappa shape index (κ1) is 14.8. The molecule has 0 radical (unpaired) electrons. The second-order valence-corrected chi connectivity index (χ2v) is 6.81. The molecule has 0 unspecified atom stereocenters. The zero-order valence-electron chi connectivity index (χ0n) is 12.7. The molecule has 0 aromatic heterocycles. The molecule has 0 saturated carbocycles. The van der Waals surface area contributed by atoms with Gasteiger partial charge in [-0.3, -0.25) is 4.90 Å². The van der Waals surface area contributed by atoms with Crippen LogP contribution in [0.3, 0.4) is 0 Å². The Morgan fingerprint density at radius 3 is 2.78 bits per heavy atom. The zero-order valence-corrected chi connectivity index (χ0v) is 13.5. The monoisotopic (exact) mass is 335 g/mol. The van der Waals surface area contributed by atoms with Gasteiger partial charge in [-0.25, -0.2) is 4.79 Å². The van der Waals surface area contributed by atoms with Crippen molar-refractivity contribution in [2.24, 2.45) is 0 Å². The summed E-state index contributed by atoms with van der Waals surface area (Å²) >= 11 is 6.05. The topological polar surface area (TPSA) is 48.0 Å². The highest BCUT2D eigenvalue weighted by molar-refractivity contribution is 6.30. The summed E-state index contributed by atoms with van der Waals surface area (Å²) in [4.78, 5) is 13.5. The molecule has 6 heteroatoms. The summed E-state index contributed by atoms with van der Waals surface area (Å²) < 4.78 is 16.1. The minimum Gasteiger partial charge on any atom is -0.489 e. The fourth-order valence-electron chi connectivity index (χ4n) is 3.37. The second-order valence-electron chi connectivity index (χ2n) is 6.37. The second kappa shape index (κ2) is 5.73. The SMILES string of the molecule is O=C1OCC2(CCN(CC3=Cc4cc(Cl)ccc4OC3)CC2)O1. The Morgan fingerprint density at radius 2 is 2.04 bits per heavy atom. The van der Waals surface area contributed by atoms with Gasteiger partial charge in [-0.1, -0.05) is 11.6 Å². The number of piperidine rings is 1. The molecule has 122 valence electrons. The molecule has 4 rings (SSSR count). The van der Waals surface area contributed by atoms with Gasteiger partial charge in [0.15, 0.2) is 5.60 Å². The third-order valence-electron chi connectivity index (χ3n) is 4.69. The quantitative estimate of drug-likeness (QED) is 0.777. The molecular weight excluding hydrogens is 318 g/mol. The first-order chi connectivity index (χ1) is 11.1. The van der Waals surface area contributed by atoms with E-state index < -0.39 is 11.8 Å².